The van der Waals surface area contributed by atoms with Gasteiger partial charge in [0, 0.05) is 12.1 Å². The summed E-state index contributed by atoms with van der Waals surface area (Å²) in [6.45, 7) is -0.468. The van der Waals surface area contributed by atoms with Crippen molar-refractivity contribution in [2.75, 3.05) is 13.1 Å². The molecule has 12 nitrogen and oxygen atoms in total. The maximum absolute atomic E-state index is 12.2. The minimum absolute atomic E-state index is 0.0756. The number of aliphatic carboxylic acids is 3. The third kappa shape index (κ3) is 4.08. The molecule has 1 aliphatic carbocycles. The normalized spacial score (nSPS) is 21.8. The number of aliphatic imine (C=N–C) groups is 1. The van der Waals surface area contributed by atoms with Crippen molar-refractivity contribution >= 4 is 29.6 Å². The highest BCUT2D eigenvalue weighted by molar-refractivity contribution is 6.09. The van der Waals surface area contributed by atoms with Crippen molar-refractivity contribution in [1.29, 1.82) is 0 Å². The number of aromatic carboxylic acids is 1. The number of carboxylic acids is 4. The molecule has 1 heterocycles. The van der Waals surface area contributed by atoms with E-state index in [2.05, 4.69) is 4.99 Å². The molecule has 3 atom stereocenters. The van der Waals surface area contributed by atoms with Crippen LogP contribution in [0, 0.1) is 0 Å². The van der Waals surface area contributed by atoms with Crippen molar-refractivity contribution in [3.05, 3.63) is 52.6 Å². The van der Waals surface area contributed by atoms with Crippen LogP contribution >= 0.6 is 0 Å². The summed E-state index contributed by atoms with van der Waals surface area (Å²) in [5.74, 6) is -6.56. The summed E-state index contributed by atoms with van der Waals surface area (Å²) in [6.07, 6.45) is 0.438. The van der Waals surface area contributed by atoms with Crippen molar-refractivity contribution in [1.82, 2.24) is 4.90 Å². The number of fused-ring (bicyclic) bond motifs is 2. The van der Waals surface area contributed by atoms with Crippen molar-refractivity contribution in [2.24, 2.45) is 4.99 Å². The number of rotatable bonds is 6. The van der Waals surface area contributed by atoms with Gasteiger partial charge >= 0.3 is 23.9 Å². The van der Waals surface area contributed by atoms with Gasteiger partial charge in [0.2, 0.25) is 0 Å². The monoisotopic (exact) mass is 446 g/mol. The molecule has 1 aliphatic heterocycles. The molecule has 168 valence electrons. The number of nitrogens with zero attached hydrogens (tertiary/aromatic N) is 2. The van der Waals surface area contributed by atoms with E-state index in [1.54, 1.807) is 0 Å². The molecule has 3 unspecified atom stereocenters. The van der Waals surface area contributed by atoms with E-state index < -0.39 is 47.8 Å². The summed E-state index contributed by atoms with van der Waals surface area (Å²) in [6, 6.07) is -0.718. The number of hydrogen-bond acceptors (Lipinski definition) is 8. The predicted molar refractivity (Wildman–Crippen MR) is 106 cm³/mol. The Kier molecular flexibility index (Phi) is 6.09. The van der Waals surface area contributed by atoms with Crippen molar-refractivity contribution in [3.8, 4) is 5.75 Å². The molecule has 1 aromatic rings. The fourth-order valence-corrected chi connectivity index (χ4v) is 3.73. The van der Waals surface area contributed by atoms with Crippen LogP contribution in [0.1, 0.15) is 22.0 Å². The summed E-state index contributed by atoms with van der Waals surface area (Å²) in [4.78, 5) is 52.2. The van der Waals surface area contributed by atoms with E-state index in [0.29, 0.717) is 0 Å². The Morgan fingerprint density at radius 2 is 1.72 bits per heavy atom. The Morgan fingerprint density at radius 1 is 1.03 bits per heavy atom. The molecule has 0 radical (unpaired) electrons. The van der Waals surface area contributed by atoms with Crippen LogP contribution in [-0.4, -0.2) is 90.4 Å². The Morgan fingerprint density at radius 3 is 2.28 bits per heavy atom. The van der Waals surface area contributed by atoms with E-state index in [-0.39, 0.29) is 41.1 Å². The lowest BCUT2D eigenvalue weighted by Crippen LogP contribution is -2.52. The summed E-state index contributed by atoms with van der Waals surface area (Å²) in [7, 11) is 0. The van der Waals surface area contributed by atoms with Crippen LogP contribution in [0.25, 0.3) is 0 Å². The number of carbonyl (C=O) groups is 4. The molecule has 0 fully saturated rings. The molecule has 12 heteroatoms. The van der Waals surface area contributed by atoms with Gasteiger partial charge in [-0.2, -0.15) is 0 Å². The third-order valence-electron chi connectivity index (χ3n) is 5.14. The zero-order chi connectivity index (χ0) is 23.7. The van der Waals surface area contributed by atoms with Crippen molar-refractivity contribution < 1.29 is 49.8 Å². The van der Waals surface area contributed by atoms with E-state index in [0.717, 1.165) is 35.3 Å². The topological polar surface area (TPSA) is 205 Å². The average molecular weight is 446 g/mol. The lowest BCUT2D eigenvalue weighted by Gasteiger charge is -2.38. The van der Waals surface area contributed by atoms with Gasteiger partial charge in [-0.25, -0.2) is 9.59 Å². The van der Waals surface area contributed by atoms with Gasteiger partial charge in [-0.3, -0.25) is 19.5 Å². The molecule has 0 amide bonds. The first kappa shape index (κ1) is 22.7. The first-order chi connectivity index (χ1) is 15.0. The highest BCUT2D eigenvalue weighted by Gasteiger charge is 2.44. The molecule has 1 aromatic carbocycles. The second-order valence-corrected chi connectivity index (χ2v) is 7.06. The molecule has 3 rings (SSSR count). The summed E-state index contributed by atoms with van der Waals surface area (Å²) in [5.41, 5.74) is -1.46. The van der Waals surface area contributed by atoms with E-state index in [1.807, 2.05) is 0 Å². The Balaban J connectivity index is 2.21. The number of aliphatic hydroxyl groups excluding tert-OH is 1. The van der Waals surface area contributed by atoms with Crippen molar-refractivity contribution in [3.63, 3.8) is 0 Å². The van der Waals surface area contributed by atoms with E-state index in [9.17, 15) is 49.8 Å². The smallest absolute Gasteiger partial charge is 0.335 e. The number of hydrogen-bond donors (Lipinski definition) is 6. The molecule has 0 spiro atoms. The van der Waals surface area contributed by atoms with E-state index in [1.165, 1.54) is 0 Å². The molecule has 0 saturated heterocycles. The largest absolute Gasteiger partial charge is 0.508 e. The molecule has 2 bridgehead atoms. The lowest BCUT2D eigenvalue weighted by molar-refractivity contribution is -0.150. The third-order valence-corrected chi connectivity index (χ3v) is 5.14. The predicted octanol–water partition coefficient (Wildman–Crippen LogP) is -0.262. The molecular formula is C20H18N2O10. The Hall–Kier alpha value is -4.03. The van der Waals surface area contributed by atoms with Crippen LogP contribution in [-0.2, 0) is 14.4 Å². The minimum Gasteiger partial charge on any atom is -0.508 e. The van der Waals surface area contributed by atoms with Crippen LogP contribution < -0.4 is 0 Å². The van der Waals surface area contributed by atoms with Gasteiger partial charge in [0.25, 0.3) is 0 Å². The van der Waals surface area contributed by atoms with Gasteiger partial charge in [0.05, 0.1) is 23.4 Å². The second-order valence-electron chi connectivity index (χ2n) is 7.06. The summed E-state index contributed by atoms with van der Waals surface area (Å²) in [5, 5.41) is 59.2. The fourth-order valence-electron chi connectivity index (χ4n) is 3.73. The molecular weight excluding hydrogens is 428 g/mol. The minimum atomic E-state index is -1.85. The van der Waals surface area contributed by atoms with E-state index in [4.69, 9.17) is 0 Å². The van der Waals surface area contributed by atoms with Crippen LogP contribution in [0.5, 0.6) is 5.75 Å². The molecule has 32 heavy (non-hydrogen) atoms. The van der Waals surface area contributed by atoms with Gasteiger partial charge in [-0.05, 0) is 35.9 Å². The quantitative estimate of drug-likeness (QED) is 0.335. The SMILES string of the molecule is O=C(O)C1=CC2=NCCN(C(C(=O)O)c3cc(C(=O)O)ccc3O)C(C(=O)O)C(=C1)C2O. The average Bonchev–Trinajstić information content (AvgIpc) is 2.70. The molecule has 2 aliphatic rings. The Bertz CT molecular complexity index is 1100. The molecule has 0 saturated carbocycles. The van der Waals surface area contributed by atoms with E-state index >= 15 is 0 Å². The summed E-state index contributed by atoms with van der Waals surface area (Å²) < 4.78 is 0. The van der Waals surface area contributed by atoms with Gasteiger partial charge < -0.3 is 30.6 Å². The van der Waals surface area contributed by atoms with Gasteiger partial charge in [0.1, 0.15) is 23.9 Å². The number of carboxylic acid groups (broad SMARTS) is 4. The molecule has 0 aromatic heterocycles. The maximum Gasteiger partial charge on any atom is 0.335 e. The van der Waals surface area contributed by atoms with Crippen LogP contribution in [0.3, 0.4) is 0 Å². The zero-order valence-electron chi connectivity index (χ0n) is 16.2. The number of aliphatic hydroxyl groups is 1. The van der Waals surface area contributed by atoms with Gasteiger partial charge in [0.15, 0.2) is 0 Å². The van der Waals surface area contributed by atoms with Gasteiger partial charge in [-0.1, -0.05) is 0 Å². The highest BCUT2D eigenvalue weighted by Crippen LogP contribution is 2.35. The van der Waals surface area contributed by atoms with Crippen LogP contribution in [0.15, 0.2) is 46.5 Å². The first-order valence-corrected chi connectivity index (χ1v) is 9.19. The Labute approximate surface area is 179 Å². The summed E-state index contributed by atoms with van der Waals surface area (Å²) >= 11 is 0. The highest BCUT2D eigenvalue weighted by atomic mass is 16.4. The first-order valence-electron chi connectivity index (χ1n) is 9.19. The number of aromatic hydroxyl groups is 1. The van der Waals surface area contributed by atoms with Gasteiger partial charge in [-0.15, -0.1) is 0 Å². The number of phenolic OH excluding ortho intramolecular Hbond substituents is 1. The number of benzene rings is 1. The molecule has 6 N–H and O–H groups in total. The zero-order valence-corrected chi connectivity index (χ0v) is 16.2. The lowest BCUT2D eigenvalue weighted by atomic mass is 9.87. The second kappa shape index (κ2) is 8.61. The number of phenols is 1. The maximum atomic E-state index is 12.2. The van der Waals surface area contributed by atoms with Crippen LogP contribution in [0.2, 0.25) is 0 Å². The van der Waals surface area contributed by atoms with Crippen LogP contribution in [0.4, 0.5) is 0 Å². The standard InChI is InChI=1S/C20H18N2O10/c23-13-2-1-8(17(25)26)5-10(13)14(19(29)30)22-4-3-21-12-7-9(18(27)28)6-11(16(12)24)15(22)20(31)32/h1-2,5-7,14-16,23-24H,3-4H2,(H,25,26)(H,27,28)(H,29,30)(H,31,32). The van der Waals surface area contributed by atoms with Crippen molar-refractivity contribution in [2.45, 2.75) is 18.2 Å². The fraction of sp³-hybridized carbons (Fsp3) is 0.250.